The van der Waals surface area contributed by atoms with Crippen molar-refractivity contribution in [2.45, 2.75) is 19.6 Å². The Balaban J connectivity index is 1.54. The molecule has 0 radical (unpaired) electrons. The number of Topliss-reactive ketones (excluding diaryl/α,β-unsaturated/α-hetero) is 1. The summed E-state index contributed by atoms with van der Waals surface area (Å²) in [5.41, 5.74) is 1.96. The van der Waals surface area contributed by atoms with Crippen LogP contribution >= 0.6 is 0 Å². The molecule has 5 rings (SSSR count). The predicted molar refractivity (Wildman–Crippen MR) is 136 cm³/mol. The standard InChI is InChI=1S/C29H24N2O6/c1-18-16-24(30-37-18)31-26(20-8-14-23(15-9-20)36-17-19-6-4-3-5-7-19)25(28(33)29(31)34)27(32)21-10-12-22(35-2)13-11-21/h3-16,26,32H,17H2,1-2H3/b27-25+. The molecule has 1 aliphatic heterocycles. The number of hydrogen-bond acceptors (Lipinski definition) is 7. The summed E-state index contributed by atoms with van der Waals surface area (Å²) in [6.45, 7) is 2.09. The Kier molecular flexibility index (Phi) is 6.47. The average molecular weight is 497 g/mol. The number of benzene rings is 3. The highest BCUT2D eigenvalue weighted by Crippen LogP contribution is 2.42. The summed E-state index contributed by atoms with van der Waals surface area (Å²) in [6, 6.07) is 24.1. The molecule has 0 spiro atoms. The largest absolute Gasteiger partial charge is 0.507 e. The SMILES string of the molecule is COc1ccc(/C(O)=C2\C(=O)C(=O)N(c3cc(C)on3)C2c2ccc(OCc3ccccc3)cc2)cc1. The second-order valence-electron chi connectivity index (χ2n) is 8.54. The maximum atomic E-state index is 13.2. The number of aromatic nitrogens is 1. The van der Waals surface area contributed by atoms with Gasteiger partial charge in [0.2, 0.25) is 0 Å². The van der Waals surface area contributed by atoms with Crippen molar-refractivity contribution < 1.29 is 28.7 Å². The first-order valence-electron chi connectivity index (χ1n) is 11.6. The maximum absolute atomic E-state index is 13.2. The third-order valence-corrected chi connectivity index (χ3v) is 6.11. The fraction of sp³-hybridized carbons (Fsp3) is 0.138. The van der Waals surface area contributed by atoms with Crippen LogP contribution in [0.5, 0.6) is 11.5 Å². The van der Waals surface area contributed by atoms with E-state index in [0.29, 0.717) is 35.0 Å². The van der Waals surface area contributed by atoms with Crippen LogP contribution in [0.25, 0.3) is 5.76 Å². The zero-order valence-electron chi connectivity index (χ0n) is 20.3. The molecule has 8 nitrogen and oxygen atoms in total. The molecule has 4 aromatic rings. The molecule has 186 valence electrons. The summed E-state index contributed by atoms with van der Waals surface area (Å²) in [7, 11) is 1.54. The lowest BCUT2D eigenvalue weighted by atomic mass is 9.95. The van der Waals surface area contributed by atoms with Crippen LogP contribution in [0.1, 0.15) is 28.5 Å². The van der Waals surface area contributed by atoms with Gasteiger partial charge in [0.1, 0.15) is 29.6 Å². The molecule has 1 fully saturated rings. The van der Waals surface area contributed by atoms with Crippen LogP contribution in [0.4, 0.5) is 5.82 Å². The monoisotopic (exact) mass is 496 g/mol. The molecule has 0 saturated carbocycles. The molecular weight excluding hydrogens is 472 g/mol. The third kappa shape index (κ3) is 4.69. The molecule has 1 aliphatic rings. The number of nitrogens with zero attached hydrogens (tertiary/aromatic N) is 2. The highest BCUT2D eigenvalue weighted by molar-refractivity contribution is 6.51. The molecule has 2 heterocycles. The molecule has 1 saturated heterocycles. The van der Waals surface area contributed by atoms with Gasteiger partial charge in [-0.2, -0.15) is 0 Å². The summed E-state index contributed by atoms with van der Waals surface area (Å²) in [5.74, 6) is -0.0350. The lowest BCUT2D eigenvalue weighted by Gasteiger charge is -2.23. The molecule has 3 aromatic carbocycles. The van der Waals surface area contributed by atoms with E-state index >= 15 is 0 Å². The Morgan fingerprint density at radius 3 is 2.27 bits per heavy atom. The minimum absolute atomic E-state index is 0.0474. The minimum Gasteiger partial charge on any atom is -0.507 e. The molecule has 8 heteroatoms. The van der Waals surface area contributed by atoms with Gasteiger partial charge in [0.05, 0.1) is 18.7 Å². The first-order chi connectivity index (χ1) is 18.0. The number of ketones is 1. The highest BCUT2D eigenvalue weighted by Gasteiger charge is 2.48. The van der Waals surface area contributed by atoms with Crippen LogP contribution in [-0.2, 0) is 16.2 Å². The van der Waals surface area contributed by atoms with Crippen LogP contribution in [0, 0.1) is 6.92 Å². The molecule has 0 aliphatic carbocycles. The van der Waals surface area contributed by atoms with Crippen molar-refractivity contribution >= 4 is 23.3 Å². The number of ether oxygens (including phenoxy) is 2. The second kappa shape index (κ2) is 10.0. The number of amides is 1. The van der Waals surface area contributed by atoms with Crippen molar-refractivity contribution in [3.8, 4) is 11.5 Å². The van der Waals surface area contributed by atoms with E-state index in [1.165, 1.54) is 12.0 Å². The van der Waals surface area contributed by atoms with Crippen molar-refractivity contribution in [1.29, 1.82) is 0 Å². The van der Waals surface area contributed by atoms with E-state index in [0.717, 1.165) is 5.56 Å². The van der Waals surface area contributed by atoms with E-state index < -0.39 is 17.7 Å². The van der Waals surface area contributed by atoms with Crippen LogP contribution in [0.15, 0.2) is 95.0 Å². The van der Waals surface area contributed by atoms with Gasteiger partial charge in [-0.15, -0.1) is 0 Å². The number of carbonyl (C=O) groups excluding carboxylic acids is 2. The number of aryl methyl sites for hydroxylation is 1. The summed E-state index contributed by atoms with van der Waals surface area (Å²) >= 11 is 0. The minimum atomic E-state index is -0.922. The van der Waals surface area contributed by atoms with Crippen LogP contribution < -0.4 is 14.4 Å². The Morgan fingerprint density at radius 1 is 0.973 bits per heavy atom. The number of carbonyl (C=O) groups is 2. The van der Waals surface area contributed by atoms with Gasteiger partial charge in [-0.05, 0) is 54.4 Å². The Morgan fingerprint density at radius 2 is 1.65 bits per heavy atom. The smallest absolute Gasteiger partial charge is 0.301 e. The van der Waals surface area contributed by atoms with E-state index in [4.69, 9.17) is 14.0 Å². The predicted octanol–water partition coefficient (Wildman–Crippen LogP) is 5.20. The number of rotatable bonds is 7. The molecule has 37 heavy (non-hydrogen) atoms. The van der Waals surface area contributed by atoms with Gasteiger partial charge in [-0.3, -0.25) is 14.5 Å². The Bertz CT molecular complexity index is 1460. The van der Waals surface area contributed by atoms with Gasteiger partial charge in [-0.1, -0.05) is 47.6 Å². The van der Waals surface area contributed by atoms with Crippen LogP contribution in [-0.4, -0.2) is 29.1 Å². The van der Waals surface area contributed by atoms with Gasteiger partial charge >= 0.3 is 5.91 Å². The Hall–Kier alpha value is -4.85. The van der Waals surface area contributed by atoms with Gasteiger partial charge in [0.25, 0.3) is 5.78 Å². The first kappa shape index (κ1) is 23.9. The zero-order chi connectivity index (χ0) is 25.9. The number of aliphatic hydroxyl groups is 1. The van der Waals surface area contributed by atoms with Crippen molar-refractivity contribution in [2.24, 2.45) is 0 Å². The van der Waals surface area contributed by atoms with Crippen molar-refractivity contribution in [3.05, 3.63) is 113 Å². The molecule has 1 atom stereocenters. The highest BCUT2D eigenvalue weighted by atomic mass is 16.5. The van der Waals surface area contributed by atoms with Crippen LogP contribution in [0.3, 0.4) is 0 Å². The lowest BCUT2D eigenvalue weighted by Crippen LogP contribution is -2.29. The number of hydrogen-bond donors (Lipinski definition) is 1. The fourth-order valence-electron chi connectivity index (χ4n) is 4.24. The first-order valence-corrected chi connectivity index (χ1v) is 11.6. The molecule has 1 aromatic heterocycles. The zero-order valence-corrected chi connectivity index (χ0v) is 20.3. The van der Waals surface area contributed by atoms with Crippen LogP contribution in [0.2, 0.25) is 0 Å². The summed E-state index contributed by atoms with van der Waals surface area (Å²) in [4.78, 5) is 27.6. The topological polar surface area (TPSA) is 102 Å². The summed E-state index contributed by atoms with van der Waals surface area (Å²) < 4.78 is 16.2. The molecule has 1 amide bonds. The number of methoxy groups -OCH3 is 1. The molecule has 1 N–H and O–H groups in total. The van der Waals surface area contributed by atoms with Gasteiger partial charge in [-0.25, -0.2) is 0 Å². The van der Waals surface area contributed by atoms with E-state index in [1.54, 1.807) is 61.5 Å². The normalized spacial score (nSPS) is 16.7. The number of aliphatic hydroxyl groups excluding tert-OH is 1. The fourth-order valence-corrected chi connectivity index (χ4v) is 4.24. The van der Waals surface area contributed by atoms with Crippen molar-refractivity contribution in [1.82, 2.24) is 5.16 Å². The third-order valence-electron chi connectivity index (χ3n) is 6.11. The molecular formula is C29H24N2O6. The van der Waals surface area contributed by atoms with E-state index in [2.05, 4.69) is 5.16 Å². The van der Waals surface area contributed by atoms with Gasteiger partial charge in [0.15, 0.2) is 5.82 Å². The van der Waals surface area contributed by atoms with E-state index in [-0.39, 0.29) is 17.2 Å². The second-order valence-corrected chi connectivity index (χ2v) is 8.54. The van der Waals surface area contributed by atoms with Crippen molar-refractivity contribution in [3.63, 3.8) is 0 Å². The average Bonchev–Trinajstić information content (AvgIpc) is 3.48. The quantitative estimate of drug-likeness (QED) is 0.213. The summed E-state index contributed by atoms with van der Waals surface area (Å²) in [5, 5.41) is 15.2. The lowest BCUT2D eigenvalue weighted by molar-refractivity contribution is -0.132. The summed E-state index contributed by atoms with van der Waals surface area (Å²) in [6.07, 6.45) is 0. The Labute approximate surface area is 213 Å². The maximum Gasteiger partial charge on any atom is 0.301 e. The molecule has 0 bridgehead atoms. The van der Waals surface area contributed by atoms with Gasteiger partial charge in [0, 0.05) is 11.6 Å². The molecule has 1 unspecified atom stereocenters. The van der Waals surface area contributed by atoms with E-state index in [9.17, 15) is 14.7 Å². The number of anilines is 1. The van der Waals surface area contributed by atoms with E-state index in [1.807, 2.05) is 30.3 Å². The van der Waals surface area contributed by atoms with Crippen molar-refractivity contribution in [2.75, 3.05) is 12.0 Å². The van der Waals surface area contributed by atoms with Gasteiger partial charge < -0.3 is 19.1 Å².